The number of hydrogen-bond acceptors (Lipinski definition) is 7. The van der Waals surface area contributed by atoms with E-state index in [1.54, 1.807) is 18.5 Å². The predicted octanol–water partition coefficient (Wildman–Crippen LogP) is 2.97. The molecule has 0 saturated carbocycles. The summed E-state index contributed by atoms with van der Waals surface area (Å²) in [6, 6.07) is 3.60. The molecule has 0 aromatic carbocycles. The number of nitrogens with zero attached hydrogens (tertiary/aromatic N) is 3. The largest absolute Gasteiger partial charge is 0.381 e. The monoisotopic (exact) mass is 430 g/mol. The maximum absolute atomic E-state index is 12.5. The highest BCUT2D eigenvalue weighted by atomic mass is 35.5. The second kappa shape index (κ2) is 10.1. The highest BCUT2D eigenvalue weighted by Gasteiger charge is 2.21. The highest BCUT2D eigenvalue weighted by Crippen LogP contribution is 2.27. The van der Waals surface area contributed by atoms with Crippen molar-refractivity contribution in [3.8, 4) is 11.3 Å². The van der Waals surface area contributed by atoms with Crippen LogP contribution in [0.5, 0.6) is 0 Å². The third kappa shape index (κ3) is 5.44. The molecule has 1 unspecified atom stereocenters. The normalized spacial score (nSPS) is 20.0. The first-order valence-electron chi connectivity index (χ1n) is 10.5. The lowest BCUT2D eigenvalue weighted by molar-refractivity contribution is -0.120. The van der Waals surface area contributed by atoms with Gasteiger partial charge in [0.05, 0.1) is 12.1 Å². The fourth-order valence-corrected chi connectivity index (χ4v) is 3.99. The van der Waals surface area contributed by atoms with Gasteiger partial charge in [-0.05, 0) is 50.3 Å². The first-order valence-corrected chi connectivity index (χ1v) is 10.9. The second-order valence-electron chi connectivity index (χ2n) is 7.79. The van der Waals surface area contributed by atoms with Gasteiger partial charge >= 0.3 is 0 Å². The summed E-state index contributed by atoms with van der Waals surface area (Å²) in [4.78, 5) is 25.7. The van der Waals surface area contributed by atoms with Gasteiger partial charge < -0.3 is 20.7 Å². The first-order chi connectivity index (χ1) is 14.7. The Bertz CT molecular complexity index is 868. The summed E-state index contributed by atoms with van der Waals surface area (Å²) < 4.78 is 5.41. The Labute approximate surface area is 181 Å². The molecule has 2 aliphatic heterocycles. The van der Waals surface area contributed by atoms with E-state index in [0.29, 0.717) is 34.9 Å². The fourth-order valence-electron chi connectivity index (χ4n) is 3.79. The Balaban J connectivity index is 1.44. The molecule has 0 aliphatic carbocycles. The molecule has 30 heavy (non-hydrogen) atoms. The number of rotatable bonds is 6. The Morgan fingerprint density at radius 1 is 1.23 bits per heavy atom. The van der Waals surface area contributed by atoms with E-state index in [9.17, 15) is 4.79 Å². The van der Waals surface area contributed by atoms with Gasteiger partial charge in [0, 0.05) is 38.1 Å². The van der Waals surface area contributed by atoms with Gasteiger partial charge in [0.15, 0.2) is 5.15 Å². The fraction of sp³-hybridized carbons (Fsp3) is 0.524. The number of nitrogens with one attached hydrogen (secondary N) is 3. The van der Waals surface area contributed by atoms with Crippen molar-refractivity contribution < 1.29 is 9.53 Å². The summed E-state index contributed by atoms with van der Waals surface area (Å²) in [7, 11) is 0. The van der Waals surface area contributed by atoms with Crippen LogP contribution in [0.2, 0.25) is 5.15 Å². The summed E-state index contributed by atoms with van der Waals surface area (Å²) in [6.45, 7) is 4.11. The summed E-state index contributed by atoms with van der Waals surface area (Å²) >= 11 is 6.33. The van der Waals surface area contributed by atoms with E-state index in [1.807, 2.05) is 6.07 Å². The minimum Gasteiger partial charge on any atom is -0.381 e. The van der Waals surface area contributed by atoms with Gasteiger partial charge in [-0.1, -0.05) is 11.6 Å². The van der Waals surface area contributed by atoms with Crippen molar-refractivity contribution in [2.75, 3.05) is 43.5 Å². The van der Waals surface area contributed by atoms with Crippen LogP contribution in [-0.2, 0) is 9.53 Å². The van der Waals surface area contributed by atoms with Crippen molar-refractivity contribution >= 4 is 29.1 Å². The van der Waals surface area contributed by atoms with Gasteiger partial charge in [-0.3, -0.25) is 4.79 Å². The van der Waals surface area contributed by atoms with Crippen molar-refractivity contribution in [1.29, 1.82) is 0 Å². The average molecular weight is 431 g/mol. The van der Waals surface area contributed by atoms with E-state index >= 15 is 0 Å². The Kier molecular flexibility index (Phi) is 7.09. The van der Waals surface area contributed by atoms with E-state index < -0.39 is 0 Å². The van der Waals surface area contributed by atoms with Gasteiger partial charge in [0.25, 0.3) is 0 Å². The molecule has 8 nitrogen and oxygen atoms in total. The van der Waals surface area contributed by atoms with Gasteiger partial charge in [-0.25, -0.2) is 15.0 Å². The quantitative estimate of drug-likeness (QED) is 0.647. The molecule has 2 aromatic heterocycles. The topological polar surface area (TPSA) is 101 Å². The number of ether oxygens (including phenoxy) is 1. The molecular weight excluding hydrogens is 404 g/mol. The predicted molar refractivity (Wildman–Crippen MR) is 117 cm³/mol. The number of hydrogen-bond donors (Lipinski definition) is 3. The van der Waals surface area contributed by atoms with Crippen LogP contribution in [0.1, 0.15) is 25.7 Å². The maximum Gasteiger partial charge on any atom is 0.229 e. The molecule has 2 aromatic rings. The molecule has 2 saturated heterocycles. The zero-order valence-electron chi connectivity index (χ0n) is 16.9. The summed E-state index contributed by atoms with van der Waals surface area (Å²) in [5.41, 5.74) is 1.32. The van der Waals surface area contributed by atoms with Gasteiger partial charge in [-0.15, -0.1) is 0 Å². The average Bonchev–Trinajstić information content (AvgIpc) is 2.80. The van der Waals surface area contributed by atoms with Crippen molar-refractivity contribution in [3.63, 3.8) is 0 Å². The van der Waals surface area contributed by atoms with E-state index in [4.69, 9.17) is 16.3 Å². The summed E-state index contributed by atoms with van der Waals surface area (Å²) in [6.07, 6.45) is 7.27. The molecule has 9 heteroatoms. The van der Waals surface area contributed by atoms with E-state index in [-0.39, 0.29) is 11.8 Å². The van der Waals surface area contributed by atoms with Crippen LogP contribution in [0.15, 0.2) is 24.5 Å². The van der Waals surface area contributed by atoms with Gasteiger partial charge in [0.1, 0.15) is 17.3 Å². The Morgan fingerprint density at radius 2 is 2.10 bits per heavy atom. The molecule has 0 radical (unpaired) electrons. The van der Waals surface area contributed by atoms with Crippen molar-refractivity contribution in [1.82, 2.24) is 20.3 Å². The summed E-state index contributed by atoms with van der Waals surface area (Å²) in [5, 5.41) is 9.85. The standard InChI is InChI=1S/C21H27ClN6O2/c22-20-19(27-18(13-26-20)25-11-14-4-8-30-9-5-14)15-3-7-24-17(10-15)28-21(29)16-2-1-6-23-12-16/h3,7,10,13-14,16,23H,1-2,4-6,8-9,11-12H2,(H,25,27)(H,24,28,29). The molecule has 2 aliphatic rings. The molecule has 1 amide bonds. The number of amides is 1. The molecule has 160 valence electrons. The van der Waals surface area contributed by atoms with Crippen LogP contribution < -0.4 is 16.0 Å². The zero-order chi connectivity index (χ0) is 20.8. The molecule has 3 N–H and O–H groups in total. The van der Waals surface area contributed by atoms with Gasteiger partial charge in [-0.2, -0.15) is 0 Å². The van der Waals surface area contributed by atoms with Crippen molar-refractivity contribution in [2.45, 2.75) is 25.7 Å². The third-order valence-electron chi connectivity index (χ3n) is 5.59. The zero-order valence-corrected chi connectivity index (χ0v) is 17.6. The van der Waals surface area contributed by atoms with E-state index in [1.165, 1.54) is 0 Å². The number of carbonyl (C=O) groups excluding carboxylic acids is 1. The number of pyridine rings is 1. The molecule has 0 bridgehead atoms. The lowest BCUT2D eigenvalue weighted by atomic mass is 9.99. The molecular formula is C21H27ClN6O2. The van der Waals surface area contributed by atoms with Crippen LogP contribution in [0.3, 0.4) is 0 Å². The number of halogens is 1. The Morgan fingerprint density at radius 3 is 2.90 bits per heavy atom. The van der Waals surface area contributed by atoms with Crippen LogP contribution >= 0.6 is 11.6 Å². The third-order valence-corrected chi connectivity index (χ3v) is 5.87. The second-order valence-corrected chi connectivity index (χ2v) is 8.15. The minimum atomic E-state index is -0.0368. The van der Waals surface area contributed by atoms with E-state index in [0.717, 1.165) is 57.6 Å². The first kappa shape index (κ1) is 21.0. The van der Waals surface area contributed by atoms with Crippen molar-refractivity contribution in [2.24, 2.45) is 11.8 Å². The smallest absolute Gasteiger partial charge is 0.229 e. The van der Waals surface area contributed by atoms with Crippen LogP contribution in [-0.4, -0.2) is 53.7 Å². The van der Waals surface area contributed by atoms with Crippen LogP contribution in [0.25, 0.3) is 11.3 Å². The minimum absolute atomic E-state index is 0.0177. The van der Waals surface area contributed by atoms with Crippen molar-refractivity contribution in [3.05, 3.63) is 29.7 Å². The SMILES string of the molecule is O=C(Nc1cc(-c2nc(NCC3CCOCC3)cnc2Cl)ccn1)C1CCCNC1. The molecule has 0 spiro atoms. The number of aromatic nitrogens is 3. The number of piperidine rings is 1. The van der Waals surface area contributed by atoms with Crippen LogP contribution in [0.4, 0.5) is 11.6 Å². The molecule has 1 atom stereocenters. The lowest BCUT2D eigenvalue weighted by Gasteiger charge is -2.22. The highest BCUT2D eigenvalue weighted by molar-refractivity contribution is 6.31. The number of carbonyl (C=O) groups is 1. The van der Waals surface area contributed by atoms with Gasteiger partial charge in [0.2, 0.25) is 5.91 Å². The molecule has 2 fully saturated rings. The summed E-state index contributed by atoms with van der Waals surface area (Å²) in [5.74, 6) is 1.68. The molecule has 4 heterocycles. The number of anilines is 2. The van der Waals surface area contributed by atoms with E-state index in [2.05, 4.69) is 30.9 Å². The van der Waals surface area contributed by atoms with Crippen LogP contribution in [0, 0.1) is 11.8 Å². The lowest BCUT2D eigenvalue weighted by Crippen LogP contribution is -2.37. The Hall–Kier alpha value is -2.29. The maximum atomic E-state index is 12.5. The molecule has 4 rings (SSSR count).